The van der Waals surface area contributed by atoms with E-state index in [9.17, 15) is 19.5 Å². The Kier molecular flexibility index (Phi) is 6.16. The lowest BCUT2D eigenvalue weighted by Crippen LogP contribution is -2.25. The minimum absolute atomic E-state index is 0.231. The zero-order valence-electron chi connectivity index (χ0n) is 17.3. The maximum Gasteiger partial charge on any atom is 0.265 e. The Hall–Kier alpha value is -3.67. The molecule has 0 atom stereocenters. The van der Waals surface area contributed by atoms with Crippen LogP contribution in [0.25, 0.3) is 6.08 Å². The highest BCUT2D eigenvalue weighted by Gasteiger charge is 2.16. The molecule has 0 fully saturated rings. The van der Waals surface area contributed by atoms with Crippen LogP contribution in [0.3, 0.4) is 0 Å². The number of carbonyl (C=O) groups is 1. The van der Waals surface area contributed by atoms with Gasteiger partial charge in [-0.1, -0.05) is 30.3 Å². The number of aromatic hydroxyl groups is 1. The highest BCUT2D eigenvalue weighted by Crippen LogP contribution is 2.15. The van der Waals surface area contributed by atoms with Crippen LogP contribution in [0.5, 0.6) is 5.75 Å². The molecule has 0 saturated heterocycles. The molecule has 0 radical (unpaired) electrons. The molecule has 0 spiro atoms. The third kappa shape index (κ3) is 4.33. The van der Waals surface area contributed by atoms with Crippen molar-refractivity contribution in [3.8, 4) is 5.75 Å². The number of benzene rings is 1. The van der Waals surface area contributed by atoms with Gasteiger partial charge in [0.1, 0.15) is 11.3 Å². The number of carbonyl (C=O) groups excluding carboxylic acids is 1. The number of pyridine rings is 2. The number of rotatable bonds is 6. The zero-order valence-corrected chi connectivity index (χ0v) is 17.3. The smallest absolute Gasteiger partial charge is 0.265 e. The van der Waals surface area contributed by atoms with Crippen molar-refractivity contribution in [2.24, 2.45) is 14.1 Å². The second-order valence-electron chi connectivity index (χ2n) is 7.24. The molecule has 0 amide bonds. The summed E-state index contributed by atoms with van der Waals surface area (Å²) in [7, 11) is 3.23. The third-order valence-electron chi connectivity index (χ3n) is 5.26. The van der Waals surface area contributed by atoms with Gasteiger partial charge in [0.05, 0.1) is 0 Å². The molecule has 154 valence electrons. The lowest BCUT2D eigenvalue weighted by atomic mass is 10.1. The first-order chi connectivity index (χ1) is 14.3. The first-order valence-electron chi connectivity index (χ1n) is 9.64. The topological polar surface area (TPSA) is 81.3 Å². The van der Waals surface area contributed by atoms with Gasteiger partial charge in [-0.25, -0.2) is 0 Å². The molecule has 3 rings (SSSR count). The van der Waals surface area contributed by atoms with Crippen molar-refractivity contribution >= 4 is 11.9 Å². The summed E-state index contributed by atoms with van der Waals surface area (Å²) in [5.41, 5.74) is 1.83. The van der Waals surface area contributed by atoms with E-state index in [0.29, 0.717) is 17.7 Å². The zero-order chi connectivity index (χ0) is 21.8. The van der Waals surface area contributed by atoms with Crippen molar-refractivity contribution in [3.05, 3.63) is 103 Å². The van der Waals surface area contributed by atoms with Crippen LogP contribution in [-0.4, -0.2) is 20.0 Å². The quantitative estimate of drug-likeness (QED) is 0.506. The van der Waals surface area contributed by atoms with E-state index in [1.54, 1.807) is 24.6 Å². The fourth-order valence-electron chi connectivity index (χ4n) is 3.27. The minimum atomic E-state index is -0.650. The van der Waals surface area contributed by atoms with Crippen LogP contribution in [0, 0.1) is 6.92 Å². The van der Waals surface area contributed by atoms with Crippen LogP contribution in [0.2, 0.25) is 0 Å². The van der Waals surface area contributed by atoms with Crippen LogP contribution in [0.4, 0.5) is 0 Å². The lowest BCUT2D eigenvalue weighted by molar-refractivity contribution is 0.104. The van der Waals surface area contributed by atoms with E-state index in [0.717, 1.165) is 18.2 Å². The molecule has 6 heteroatoms. The molecular formula is C24H24N2O4. The van der Waals surface area contributed by atoms with E-state index in [4.69, 9.17) is 0 Å². The molecule has 30 heavy (non-hydrogen) atoms. The number of ketones is 1. The SMILES string of the molecule is Cc1cc(O)c(C(=O)/C=C/c2ccc(CCc3ccccc3)n(C)c2=O)c(=O)n1C. The van der Waals surface area contributed by atoms with Crippen LogP contribution in [0.15, 0.2) is 64.2 Å². The highest BCUT2D eigenvalue weighted by molar-refractivity contribution is 6.08. The van der Waals surface area contributed by atoms with E-state index in [1.165, 1.54) is 29.3 Å². The molecule has 1 N–H and O–H groups in total. The Morgan fingerprint density at radius 3 is 2.37 bits per heavy atom. The van der Waals surface area contributed by atoms with Gasteiger partial charge in [0.15, 0.2) is 5.78 Å². The van der Waals surface area contributed by atoms with Crippen molar-refractivity contribution in [1.29, 1.82) is 0 Å². The fourth-order valence-corrected chi connectivity index (χ4v) is 3.27. The molecule has 0 saturated carbocycles. The Morgan fingerprint density at radius 1 is 0.967 bits per heavy atom. The van der Waals surface area contributed by atoms with Gasteiger partial charge in [0.25, 0.3) is 11.1 Å². The van der Waals surface area contributed by atoms with Gasteiger partial charge in [-0.05, 0) is 49.6 Å². The second-order valence-corrected chi connectivity index (χ2v) is 7.24. The van der Waals surface area contributed by atoms with E-state index >= 15 is 0 Å². The van der Waals surface area contributed by atoms with Crippen LogP contribution < -0.4 is 11.1 Å². The summed E-state index contributed by atoms with van der Waals surface area (Å²) >= 11 is 0. The summed E-state index contributed by atoms with van der Waals surface area (Å²) in [6, 6.07) is 14.9. The molecule has 0 aliphatic carbocycles. The predicted octanol–water partition coefficient (Wildman–Crippen LogP) is 2.78. The van der Waals surface area contributed by atoms with Crippen molar-refractivity contribution in [2.75, 3.05) is 0 Å². The standard InChI is InChI=1S/C24H24N2O4/c1-16-15-21(28)22(24(30)25(16)2)20(27)14-11-18-10-13-19(26(3)23(18)29)12-9-17-7-5-4-6-8-17/h4-8,10-11,13-15,28H,9,12H2,1-3H3/b14-11+. The lowest BCUT2D eigenvalue weighted by Gasteiger charge is -2.09. The van der Waals surface area contributed by atoms with Crippen LogP contribution in [0.1, 0.15) is 32.9 Å². The van der Waals surface area contributed by atoms with Gasteiger partial charge in [-0.15, -0.1) is 0 Å². The molecule has 0 aliphatic heterocycles. The molecule has 2 heterocycles. The monoisotopic (exact) mass is 404 g/mol. The number of aromatic nitrogens is 2. The van der Waals surface area contributed by atoms with Gasteiger partial charge < -0.3 is 14.2 Å². The fraction of sp³-hybridized carbons (Fsp3) is 0.208. The van der Waals surface area contributed by atoms with E-state index in [2.05, 4.69) is 0 Å². The molecule has 0 bridgehead atoms. The summed E-state index contributed by atoms with van der Waals surface area (Å²) < 4.78 is 2.86. The van der Waals surface area contributed by atoms with Crippen LogP contribution >= 0.6 is 0 Å². The number of nitrogens with zero attached hydrogens (tertiary/aromatic N) is 2. The third-order valence-corrected chi connectivity index (χ3v) is 5.26. The summed E-state index contributed by atoms with van der Waals surface area (Å²) in [6.45, 7) is 1.66. The number of hydrogen-bond acceptors (Lipinski definition) is 4. The van der Waals surface area contributed by atoms with E-state index in [1.807, 2.05) is 36.4 Å². The summed E-state index contributed by atoms with van der Waals surface area (Å²) in [5, 5.41) is 10.0. The summed E-state index contributed by atoms with van der Waals surface area (Å²) in [6.07, 6.45) is 4.06. The molecule has 1 aromatic carbocycles. The summed E-state index contributed by atoms with van der Waals surface area (Å²) in [5.74, 6) is -1.02. The second kappa shape index (κ2) is 8.78. The normalized spacial score (nSPS) is 11.2. The first kappa shape index (κ1) is 21.0. The molecule has 3 aromatic rings. The molecule has 6 nitrogen and oxygen atoms in total. The van der Waals surface area contributed by atoms with Gasteiger partial charge in [-0.2, -0.15) is 0 Å². The summed E-state index contributed by atoms with van der Waals surface area (Å²) in [4.78, 5) is 37.4. The van der Waals surface area contributed by atoms with Gasteiger partial charge >= 0.3 is 0 Å². The van der Waals surface area contributed by atoms with Gasteiger partial charge in [0.2, 0.25) is 0 Å². The van der Waals surface area contributed by atoms with Crippen molar-refractivity contribution in [3.63, 3.8) is 0 Å². The average molecular weight is 404 g/mol. The van der Waals surface area contributed by atoms with Crippen LogP contribution in [-0.2, 0) is 26.9 Å². The van der Waals surface area contributed by atoms with E-state index in [-0.39, 0.29) is 16.9 Å². The average Bonchev–Trinajstić information content (AvgIpc) is 2.73. The predicted molar refractivity (Wildman–Crippen MR) is 117 cm³/mol. The van der Waals surface area contributed by atoms with Gasteiger partial charge in [-0.3, -0.25) is 14.4 Å². The number of hydrogen-bond donors (Lipinski definition) is 1. The van der Waals surface area contributed by atoms with Crippen molar-refractivity contribution in [1.82, 2.24) is 9.13 Å². The van der Waals surface area contributed by atoms with Crippen molar-refractivity contribution in [2.45, 2.75) is 19.8 Å². The maximum absolute atomic E-state index is 12.7. The largest absolute Gasteiger partial charge is 0.507 e. The Balaban J connectivity index is 1.82. The molecule has 0 unspecified atom stereocenters. The maximum atomic E-state index is 12.7. The molecular weight excluding hydrogens is 380 g/mol. The number of allylic oxidation sites excluding steroid dienone is 1. The molecule has 0 aliphatic rings. The molecule has 2 aromatic heterocycles. The highest BCUT2D eigenvalue weighted by atomic mass is 16.3. The minimum Gasteiger partial charge on any atom is -0.507 e. The Labute approximate surface area is 174 Å². The first-order valence-corrected chi connectivity index (χ1v) is 9.64. The van der Waals surface area contributed by atoms with Gasteiger partial charge in [0, 0.05) is 37.1 Å². The Morgan fingerprint density at radius 2 is 1.67 bits per heavy atom. The number of aryl methyl sites for hydroxylation is 3. The Bertz CT molecular complexity index is 1230. The van der Waals surface area contributed by atoms with E-state index < -0.39 is 11.3 Å². The van der Waals surface area contributed by atoms with Crippen molar-refractivity contribution < 1.29 is 9.90 Å².